The van der Waals surface area contributed by atoms with Gasteiger partial charge in [0.1, 0.15) is 0 Å². The van der Waals surface area contributed by atoms with E-state index in [1.165, 1.54) is 4.57 Å². The van der Waals surface area contributed by atoms with Gasteiger partial charge in [0.05, 0.1) is 22.2 Å². The smallest absolute Gasteiger partial charge is 0.333 e. The van der Waals surface area contributed by atoms with Crippen LogP contribution in [0.5, 0.6) is 0 Å². The number of aromatic nitrogens is 3. The molecule has 0 unspecified atom stereocenters. The van der Waals surface area contributed by atoms with Gasteiger partial charge in [0.25, 0.3) is 5.56 Å². The highest BCUT2D eigenvalue weighted by Crippen LogP contribution is 2.39. The number of benzene rings is 4. The maximum atomic E-state index is 13.6. The zero-order valence-corrected chi connectivity index (χ0v) is 22.0. The standard InChI is InChI=1S/C32H24ClN3O3/c1-32(2,39)22-15-21(17-34-18-22)24-10-6-11-26(33)29(24)20-13-14-25-27(16-20)35-31(38)36(30(25)37)28-12-5-8-19-7-3-4-9-23(19)28/h3-18,39H,1-2H3,(H,35,38). The van der Waals surface area contributed by atoms with Crippen molar-refractivity contribution in [3.05, 3.63) is 129 Å². The Labute approximate surface area is 228 Å². The molecule has 0 fully saturated rings. The van der Waals surface area contributed by atoms with Gasteiger partial charge in [0.15, 0.2) is 0 Å². The zero-order valence-electron chi connectivity index (χ0n) is 21.3. The number of aliphatic hydroxyl groups is 1. The van der Waals surface area contributed by atoms with Gasteiger partial charge in [-0.15, -0.1) is 0 Å². The third kappa shape index (κ3) is 4.34. The number of nitrogens with zero attached hydrogens (tertiary/aromatic N) is 2. The number of hydrogen-bond acceptors (Lipinski definition) is 4. The van der Waals surface area contributed by atoms with Crippen LogP contribution in [0.3, 0.4) is 0 Å². The van der Waals surface area contributed by atoms with Crippen molar-refractivity contribution in [3.8, 4) is 27.9 Å². The molecule has 6 aromatic rings. The van der Waals surface area contributed by atoms with Crippen LogP contribution in [-0.4, -0.2) is 19.6 Å². The van der Waals surface area contributed by atoms with E-state index >= 15 is 0 Å². The van der Waals surface area contributed by atoms with Gasteiger partial charge in [0, 0.05) is 39.5 Å². The van der Waals surface area contributed by atoms with Gasteiger partial charge in [0.2, 0.25) is 0 Å². The van der Waals surface area contributed by atoms with E-state index in [1.807, 2.05) is 60.7 Å². The summed E-state index contributed by atoms with van der Waals surface area (Å²) in [6.45, 7) is 3.41. The first kappa shape index (κ1) is 24.8. The molecule has 39 heavy (non-hydrogen) atoms. The average molecular weight is 534 g/mol. The Kier molecular flexibility index (Phi) is 5.94. The number of halogens is 1. The molecule has 0 saturated carbocycles. The highest BCUT2D eigenvalue weighted by molar-refractivity contribution is 6.34. The first-order valence-electron chi connectivity index (χ1n) is 12.5. The maximum Gasteiger partial charge on any atom is 0.333 e. The van der Waals surface area contributed by atoms with Gasteiger partial charge < -0.3 is 10.1 Å². The number of aromatic amines is 1. The molecule has 2 N–H and O–H groups in total. The minimum Gasteiger partial charge on any atom is -0.386 e. The Bertz CT molecular complexity index is 2010. The van der Waals surface area contributed by atoms with Crippen LogP contribution < -0.4 is 11.2 Å². The maximum absolute atomic E-state index is 13.6. The van der Waals surface area contributed by atoms with E-state index in [4.69, 9.17) is 11.6 Å². The topological polar surface area (TPSA) is 88.0 Å². The summed E-state index contributed by atoms with van der Waals surface area (Å²) in [5, 5.41) is 13.1. The van der Waals surface area contributed by atoms with Gasteiger partial charge in [-0.25, -0.2) is 9.36 Å². The van der Waals surface area contributed by atoms with Gasteiger partial charge in [-0.2, -0.15) is 0 Å². The summed E-state index contributed by atoms with van der Waals surface area (Å²) in [5.74, 6) is 0. The molecule has 7 heteroatoms. The Morgan fingerprint density at radius 3 is 2.44 bits per heavy atom. The Morgan fingerprint density at radius 2 is 1.62 bits per heavy atom. The lowest BCUT2D eigenvalue weighted by molar-refractivity contribution is 0.0783. The largest absolute Gasteiger partial charge is 0.386 e. The minimum absolute atomic E-state index is 0.380. The van der Waals surface area contributed by atoms with Crippen molar-refractivity contribution in [2.75, 3.05) is 0 Å². The van der Waals surface area contributed by atoms with Crippen LogP contribution >= 0.6 is 11.6 Å². The van der Waals surface area contributed by atoms with Gasteiger partial charge >= 0.3 is 5.69 Å². The second-order valence-corrected chi connectivity index (χ2v) is 10.4. The minimum atomic E-state index is -1.06. The van der Waals surface area contributed by atoms with E-state index in [0.29, 0.717) is 27.2 Å². The zero-order chi connectivity index (χ0) is 27.3. The highest BCUT2D eigenvalue weighted by Gasteiger charge is 2.19. The summed E-state index contributed by atoms with van der Waals surface area (Å²) in [7, 11) is 0. The van der Waals surface area contributed by atoms with Crippen molar-refractivity contribution in [2.24, 2.45) is 0 Å². The molecule has 0 aliphatic heterocycles. The molecule has 2 heterocycles. The molecule has 6 rings (SSSR count). The van der Waals surface area contributed by atoms with Crippen LogP contribution in [0.1, 0.15) is 19.4 Å². The summed E-state index contributed by atoms with van der Waals surface area (Å²) < 4.78 is 1.18. The molecule has 0 radical (unpaired) electrons. The predicted molar refractivity (Wildman–Crippen MR) is 157 cm³/mol. The number of H-pyrrole nitrogens is 1. The molecule has 0 amide bonds. The lowest BCUT2D eigenvalue weighted by Gasteiger charge is -2.19. The van der Waals surface area contributed by atoms with Crippen LogP contribution in [0.25, 0.3) is 49.6 Å². The van der Waals surface area contributed by atoms with Crippen LogP contribution in [0.2, 0.25) is 5.02 Å². The van der Waals surface area contributed by atoms with Crippen LogP contribution in [0.15, 0.2) is 107 Å². The monoisotopic (exact) mass is 533 g/mol. The third-order valence-corrected chi connectivity index (χ3v) is 7.28. The van der Waals surface area contributed by atoms with E-state index in [1.54, 1.807) is 50.5 Å². The quantitative estimate of drug-likeness (QED) is 0.273. The van der Waals surface area contributed by atoms with E-state index in [0.717, 1.165) is 33.0 Å². The number of nitrogens with one attached hydrogen (secondary N) is 1. The molecule has 0 spiro atoms. The average Bonchev–Trinajstić information content (AvgIpc) is 2.92. The van der Waals surface area contributed by atoms with Gasteiger partial charge in [-0.1, -0.05) is 66.2 Å². The summed E-state index contributed by atoms with van der Waals surface area (Å²) in [4.78, 5) is 34.1. The van der Waals surface area contributed by atoms with Gasteiger partial charge in [-0.05, 0) is 60.7 Å². The third-order valence-electron chi connectivity index (χ3n) is 6.96. The van der Waals surface area contributed by atoms with Crippen molar-refractivity contribution in [1.82, 2.24) is 14.5 Å². The summed E-state index contributed by atoms with van der Waals surface area (Å²) in [6.07, 6.45) is 3.35. The van der Waals surface area contributed by atoms with E-state index in [9.17, 15) is 14.7 Å². The fourth-order valence-corrected chi connectivity index (χ4v) is 5.26. The second-order valence-electron chi connectivity index (χ2n) is 10.0. The van der Waals surface area contributed by atoms with Gasteiger partial charge in [-0.3, -0.25) is 9.78 Å². The normalized spacial score (nSPS) is 11.8. The predicted octanol–water partition coefficient (Wildman–Crippen LogP) is 6.44. The second kappa shape index (κ2) is 9.34. The van der Waals surface area contributed by atoms with E-state index < -0.39 is 16.9 Å². The number of rotatable bonds is 4. The van der Waals surface area contributed by atoms with Crippen LogP contribution in [-0.2, 0) is 5.60 Å². The van der Waals surface area contributed by atoms with Crippen molar-refractivity contribution >= 4 is 33.3 Å². The highest BCUT2D eigenvalue weighted by atomic mass is 35.5. The molecule has 6 nitrogen and oxygen atoms in total. The first-order valence-corrected chi connectivity index (χ1v) is 12.8. The lowest BCUT2D eigenvalue weighted by atomic mass is 9.92. The Balaban J connectivity index is 1.54. The molecule has 2 aromatic heterocycles. The number of hydrogen-bond donors (Lipinski definition) is 2. The molecule has 0 aliphatic rings. The summed E-state index contributed by atoms with van der Waals surface area (Å²) >= 11 is 6.71. The SMILES string of the molecule is CC(C)(O)c1cncc(-c2cccc(Cl)c2-c2ccc3c(=O)n(-c4cccc5ccccc45)c(=O)[nH]c3c2)c1. The molecule has 4 aromatic carbocycles. The fourth-order valence-electron chi connectivity index (χ4n) is 4.98. The van der Waals surface area contributed by atoms with Crippen molar-refractivity contribution in [3.63, 3.8) is 0 Å². The molecule has 0 aliphatic carbocycles. The fraction of sp³-hybridized carbons (Fsp3) is 0.0938. The summed E-state index contributed by atoms with van der Waals surface area (Å²) in [5.41, 5.74) is 2.67. The molecular weight excluding hydrogens is 510 g/mol. The lowest BCUT2D eigenvalue weighted by Crippen LogP contribution is -2.33. The van der Waals surface area contributed by atoms with Crippen molar-refractivity contribution in [1.29, 1.82) is 0 Å². The van der Waals surface area contributed by atoms with Crippen molar-refractivity contribution in [2.45, 2.75) is 19.4 Å². The Morgan fingerprint density at radius 1 is 0.846 bits per heavy atom. The number of fused-ring (bicyclic) bond motifs is 2. The van der Waals surface area contributed by atoms with E-state index in [2.05, 4.69) is 9.97 Å². The summed E-state index contributed by atoms with van der Waals surface area (Å²) in [6, 6.07) is 25.9. The molecule has 0 saturated heterocycles. The molecule has 192 valence electrons. The molecule has 0 bridgehead atoms. The molecular formula is C32H24ClN3O3. The van der Waals surface area contributed by atoms with Crippen molar-refractivity contribution < 1.29 is 5.11 Å². The van der Waals surface area contributed by atoms with E-state index in [-0.39, 0.29) is 0 Å². The van der Waals surface area contributed by atoms with Crippen LogP contribution in [0, 0.1) is 0 Å². The molecule has 0 atom stereocenters. The Hall–Kier alpha value is -4.52. The number of pyridine rings is 1. The first-order chi connectivity index (χ1) is 18.7. The van der Waals surface area contributed by atoms with Crippen LogP contribution in [0.4, 0.5) is 0 Å².